The summed E-state index contributed by atoms with van der Waals surface area (Å²) in [7, 11) is 0. The summed E-state index contributed by atoms with van der Waals surface area (Å²) in [6, 6.07) is 4.61. The van der Waals surface area contributed by atoms with Gasteiger partial charge in [0.25, 0.3) is 0 Å². The Bertz CT molecular complexity index is 427. The van der Waals surface area contributed by atoms with E-state index in [-0.39, 0.29) is 22.8 Å². The fraction of sp³-hybridized carbons (Fsp3) is 0.462. The highest BCUT2D eigenvalue weighted by atomic mass is 16.3. The number of hydrogen-bond acceptors (Lipinski definition) is 4. The van der Waals surface area contributed by atoms with Gasteiger partial charge in [0.1, 0.15) is 11.5 Å². The van der Waals surface area contributed by atoms with Crippen LogP contribution in [-0.4, -0.2) is 40.0 Å². The number of ketones is 1. The molecule has 0 aromatic heterocycles. The van der Waals surface area contributed by atoms with E-state index in [0.717, 1.165) is 19.4 Å². The molecule has 2 rings (SSSR count). The van der Waals surface area contributed by atoms with Gasteiger partial charge in [0.05, 0.1) is 12.1 Å². The van der Waals surface area contributed by atoms with Gasteiger partial charge in [-0.1, -0.05) is 6.92 Å². The van der Waals surface area contributed by atoms with E-state index in [1.165, 1.54) is 18.2 Å². The third-order valence-corrected chi connectivity index (χ3v) is 3.10. The Labute approximate surface area is 100 Å². The lowest BCUT2D eigenvalue weighted by atomic mass is 10.1. The first-order chi connectivity index (χ1) is 8.11. The van der Waals surface area contributed by atoms with Gasteiger partial charge in [0, 0.05) is 12.1 Å². The molecule has 1 aliphatic carbocycles. The molecular weight excluding hydrogens is 218 g/mol. The van der Waals surface area contributed by atoms with Gasteiger partial charge in [-0.15, -0.1) is 0 Å². The summed E-state index contributed by atoms with van der Waals surface area (Å²) in [4.78, 5) is 14.1. The zero-order valence-electron chi connectivity index (χ0n) is 9.89. The van der Waals surface area contributed by atoms with Crippen LogP contribution in [0.5, 0.6) is 11.5 Å². The lowest BCUT2D eigenvalue weighted by Gasteiger charge is -2.18. The van der Waals surface area contributed by atoms with Gasteiger partial charge in [-0.2, -0.15) is 0 Å². The van der Waals surface area contributed by atoms with E-state index in [1.807, 2.05) is 6.92 Å². The molecule has 92 valence electrons. The molecule has 0 aliphatic heterocycles. The lowest BCUT2D eigenvalue weighted by molar-refractivity contribution is 0.0926. The number of carbonyl (C=O) groups is 1. The first kappa shape index (κ1) is 11.9. The molecule has 0 amide bonds. The predicted octanol–water partition coefficient (Wildman–Crippen LogP) is 1.76. The highest BCUT2D eigenvalue weighted by Crippen LogP contribution is 2.28. The average molecular weight is 235 g/mol. The molecule has 0 bridgehead atoms. The Hall–Kier alpha value is -1.55. The summed E-state index contributed by atoms with van der Waals surface area (Å²) in [5.41, 5.74) is 0.280. The van der Waals surface area contributed by atoms with E-state index >= 15 is 0 Å². The molecule has 0 unspecified atom stereocenters. The van der Waals surface area contributed by atoms with Crippen molar-refractivity contribution >= 4 is 5.78 Å². The summed E-state index contributed by atoms with van der Waals surface area (Å²) in [5.74, 6) is -0.285. The van der Waals surface area contributed by atoms with Crippen molar-refractivity contribution in [1.29, 1.82) is 0 Å². The quantitative estimate of drug-likeness (QED) is 0.763. The fourth-order valence-corrected chi connectivity index (χ4v) is 1.96. The molecule has 2 N–H and O–H groups in total. The van der Waals surface area contributed by atoms with E-state index in [4.69, 9.17) is 5.11 Å². The SMILES string of the molecule is CCN(CC(=O)c1ccc(O)cc1O)C1CC1. The van der Waals surface area contributed by atoms with Crippen LogP contribution in [0.1, 0.15) is 30.1 Å². The van der Waals surface area contributed by atoms with Crippen molar-refractivity contribution in [2.75, 3.05) is 13.1 Å². The lowest BCUT2D eigenvalue weighted by Crippen LogP contribution is -2.31. The van der Waals surface area contributed by atoms with Crippen molar-refractivity contribution in [3.05, 3.63) is 23.8 Å². The molecule has 0 radical (unpaired) electrons. The number of phenols is 2. The summed E-state index contributed by atoms with van der Waals surface area (Å²) in [6.45, 7) is 3.21. The second kappa shape index (κ2) is 4.75. The number of hydrogen-bond donors (Lipinski definition) is 2. The Balaban J connectivity index is 2.08. The molecule has 1 aliphatic rings. The number of aromatic hydroxyl groups is 2. The predicted molar refractivity (Wildman–Crippen MR) is 64.4 cm³/mol. The first-order valence-corrected chi connectivity index (χ1v) is 5.91. The summed E-state index contributed by atoms with van der Waals surface area (Å²) >= 11 is 0. The second-order valence-corrected chi connectivity index (χ2v) is 4.42. The van der Waals surface area contributed by atoms with Crippen LogP contribution in [0.3, 0.4) is 0 Å². The highest BCUT2D eigenvalue weighted by Gasteiger charge is 2.29. The van der Waals surface area contributed by atoms with Crippen LogP contribution >= 0.6 is 0 Å². The van der Waals surface area contributed by atoms with E-state index in [2.05, 4.69) is 4.90 Å². The first-order valence-electron chi connectivity index (χ1n) is 5.91. The number of nitrogens with zero attached hydrogens (tertiary/aromatic N) is 1. The van der Waals surface area contributed by atoms with Gasteiger partial charge in [-0.3, -0.25) is 9.69 Å². The maximum absolute atomic E-state index is 12.0. The van der Waals surface area contributed by atoms with Gasteiger partial charge in [-0.05, 0) is 31.5 Å². The van der Waals surface area contributed by atoms with E-state index in [9.17, 15) is 9.90 Å². The van der Waals surface area contributed by atoms with Crippen LogP contribution in [0.15, 0.2) is 18.2 Å². The Morgan fingerprint density at radius 2 is 2.12 bits per heavy atom. The number of benzene rings is 1. The molecule has 0 spiro atoms. The molecular formula is C13H17NO3. The van der Waals surface area contributed by atoms with Crippen molar-refractivity contribution in [1.82, 2.24) is 4.90 Å². The molecule has 1 saturated carbocycles. The molecule has 0 saturated heterocycles. The number of Topliss-reactive ketones (excluding diaryl/α,β-unsaturated/α-hetero) is 1. The topological polar surface area (TPSA) is 60.8 Å². The summed E-state index contributed by atoms with van der Waals surface area (Å²) < 4.78 is 0. The third-order valence-electron chi connectivity index (χ3n) is 3.10. The van der Waals surface area contributed by atoms with Crippen LogP contribution in [-0.2, 0) is 0 Å². The third kappa shape index (κ3) is 2.77. The van der Waals surface area contributed by atoms with Gasteiger partial charge in [-0.25, -0.2) is 0 Å². The maximum atomic E-state index is 12.0. The average Bonchev–Trinajstić information content (AvgIpc) is 3.09. The molecule has 1 aromatic carbocycles. The normalized spacial score (nSPS) is 15.2. The zero-order chi connectivity index (χ0) is 12.4. The minimum atomic E-state index is -0.151. The van der Waals surface area contributed by atoms with Gasteiger partial charge < -0.3 is 10.2 Å². The molecule has 4 nitrogen and oxygen atoms in total. The molecule has 1 fully saturated rings. The minimum absolute atomic E-state index is 0.0337. The molecule has 4 heteroatoms. The van der Waals surface area contributed by atoms with Crippen molar-refractivity contribution in [2.24, 2.45) is 0 Å². The number of likely N-dealkylation sites (N-methyl/N-ethyl adjacent to an activating group) is 1. The van der Waals surface area contributed by atoms with E-state index < -0.39 is 0 Å². The van der Waals surface area contributed by atoms with Crippen molar-refractivity contribution in [3.8, 4) is 11.5 Å². The van der Waals surface area contributed by atoms with Crippen LogP contribution in [0.4, 0.5) is 0 Å². The minimum Gasteiger partial charge on any atom is -0.508 e. The Kier molecular flexibility index (Phi) is 3.33. The maximum Gasteiger partial charge on any atom is 0.180 e. The number of carbonyl (C=O) groups excluding carboxylic acids is 1. The van der Waals surface area contributed by atoms with Crippen molar-refractivity contribution < 1.29 is 15.0 Å². The monoisotopic (exact) mass is 235 g/mol. The highest BCUT2D eigenvalue weighted by molar-refractivity contribution is 6.00. The zero-order valence-corrected chi connectivity index (χ0v) is 9.89. The van der Waals surface area contributed by atoms with Crippen molar-refractivity contribution in [3.63, 3.8) is 0 Å². The second-order valence-electron chi connectivity index (χ2n) is 4.42. The standard InChI is InChI=1S/C13H17NO3/c1-2-14(9-3-4-9)8-13(17)11-6-5-10(15)7-12(11)16/h5-7,9,15-16H,2-4,8H2,1H3. The number of rotatable bonds is 5. The Morgan fingerprint density at radius 1 is 1.41 bits per heavy atom. The number of phenolic OH excluding ortho intramolecular Hbond substituents is 2. The van der Waals surface area contributed by atoms with E-state index in [1.54, 1.807) is 0 Å². The summed E-state index contributed by atoms with van der Waals surface area (Å²) in [6.07, 6.45) is 2.31. The van der Waals surface area contributed by atoms with Crippen LogP contribution in [0, 0.1) is 0 Å². The van der Waals surface area contributed by atoms with Crippen molar-refractivity contribution in [2.45, 2.75) is 25.8 Å². The van der Waals surface area contributed by atoms with Crippen LogP contribution in [0.25, 0.3) is 0 Å². The smallest absolute Gasteiger partial charge is 0.180 e. The molecule has 0 heterocycles. The molecule has 0 atom stereocenters. The van der Waals surface area contributed by atoms with Crippen LogP contribution < -0.4 is 0 Å². The Morgan fingerprint density at radius 3 is 2.65 bits per heavy atom. The van der Waals surface area contributed by atoms with Crippen LogP contribution in [0.2, 0.25) is 0 Å². The molecule has 17 heavy (non-hydrogen) atoms. The molecule has 1 aromatic rings. The summed E-state index contributed by atoms with van der Waals surface area (Å²) in [5, 5.41) is 18.8. The van der Waals surface area contributed by atoms with Gasteiger partial charge in [0.15, 0.2) is 5.78 Å². The van der Waals surface area contributed by atoms with Gasteiger partial charge >= 0.3 is 0 Å². The van der Waals surface area contributed by atoms with E-state index in [0.29, 0.717) is 12.6 Å². The van der Waals surface area contributed by atoms with Gasteiger partial charge in [0.2, 0.25) is 0 Å². The largest absolute Gasteiger partial charge is 0.508 e. The fourth-order valence-electron chi connectivity index (χ4n) is 1.96.